The van der Waals surface area contributed by atoms with Crippen LogP contribution in [-0.2, 0) is 25.8 Å². The molecule has 0 saturated heterocycles. The highest BCUT2D eigenvalue weighted by Gasteiger charge is 2.20. The second-order valence-electron chi connectivity index (χ2n) is 7.31. The van der Waals surface area contributed by atoms with Gasteiger partial charge in [-0.05, 0) is 36.5 Å². The molecule has 3 aromatic rings. The summed E-state index contributed by atoms with van der Waals surface area (Å²) in [4.78, 5) is 8.74. The first-order chi connectivity index (χ1) is 13.7. The molecular formula is C22H24FN3O2. The SMILES string of the molecule is COc1ncc(CCc2ccc(-c3cn4c(n3)CCC(CO)C4)cc2)cc1F. The van der Waals surface area contributed by atoms with Crippen LogP contribution >= 0.6 is 0 Å². The van der Waals surface area contributed by atoms with Gasteiger partial charge in [0.15, 0.2) is 5.82 Å². The number of aryl methyl sites for hydroxylation is 3. The van der Waals surface area contributed by atoms with Crippen LogP contribution in [0.1, 0.15) is 23.4 Å². The fourth-order valence-corrected chi connectivity index (χ4v) is 3.69. The lowest BCUT2D eigenvalue weighted by Gasteiger charge is -2.21. The van der Waals surface area contributed by atoms with Crippen LogP contribution in [0.15, 0.2) is 42.7 Å². The zero-order valence-corrected chi connectivity index (χ0v) is 15.9. The molecule has 0 spiro atoms. The topological polar surface area (TPSA) is 60.2 Å². The Hall–Kier alpha value is -2.73. The Morgan fingerprint density at radius 3 is 2.71 bits per heavy atom. The Balaban J connectivity index is 1.42. The molecule has 2 aromatic heterocycles. The molecule has 1 unspecified atom stereocenters. The maximum absolute atomic E-state index is 13.8. The number of halogens is 1. The number of hydrogen-bond acceptors (Lipinski definition) is 4. The predicted octanol–water partition coefficient (Wildman–Crippen LogP) is 3.43. The average Bonchev–Trinajstić information content (AvgIpc) is 3.16. The highest BCUT2D eigenvalue weighted by atomic mass is 19.1. The van der Waals surface area contributed by atoms with E-state index < -0.39 is 5.82 Å². The highest BCUT2D eigenvalue weighted by Crippen LogP contribution is 2.25. The van der Waals surface area contributed by atoms with Crippen LogP contribution < -0.4 is 4.74 Å². The molecule has 0 saturated carbocycles. The number of methoxy groups -OCH3 is 1. The number of aliphatic hydroxyl groups is 1. The number of rotatable bonds is 6. The molecule has 6 heteroatoms. The quantitative estimate of drug-likeness (QED) is 0.711. The van der Waals surface area contributed by atoms with Crippen LogP contribution in [0.2, 0.25) is 0 Å². The summed E-state index contributed by atoms with van der Waals surface area (Å²) in [5.74, 6) is 1.02. The maximum atomic E-state index is 13.8. The minimum atomic E-state index is -0.428. The van der Waals surface area contributed by atoms with E-state index in [1.165, 1.54) is 18.7 Å². The second kappa shape index (κ2) is 8.10. The maximum Gasteiger partial charge on any atom is 0.250 e. The number of benzene rings is 1. The van der Waals surface area contributed by atoms with Crippen molar-refractivity contribution in [1.82, 2.24) is 14.5 Å². The molecule has 1 aliphatic rings. The van der Waals surface area contributed by atoms with Crippen LogP contribution in [0, 0.1) is 11.7 Å². The zero-order valence-electron chi connectivity index (χ0n) is 15.9. The van der Waals surface area contributed by atoms with Gasteiger partial charge in [-0.15, -0.1) is 0 Å². The lowest BCUT2D eigenvalue weighted by atomic mass is 10.0. The largest absolute Gasteiger partial charge is 0.479 e. The van der Waals surface area contributed by atoms with Crippen molar-refractivity contribution in [3.8, 4) is 17.1 Å². The van der Waals surface area contributed by atoms with Crippen molar-refractivity contribution < 1.29 is 14.2 Å². The Morgan fingerprint density at radius 1 is 1.21 bits per heavy atom. The monoisotopic (exact) mass is 381 g/mol. The third-order valence-electron chi connectivity index (χ3n) is 5.36. The van der Waals surface area contributed by atoms with Crippen LogP contribution in [0.3, 0.4) is 0 Å². The fourth-order valence-electron chi connectivity index (χ4n) is 3.69. The van der Waals surface area contributed by atoms with Crippen molar-refractivity contribution >= 4 is 0 Å². The van der Waals surface area contributed by atoms with Crippen molar-refractivity contribution in [3.63, 3.8) is 0 Å². The molecule has 0 bridgehead atoms. The van der Waals surface area contributed by atoms with Gasteiger partial charge in [0.25, 0.3) is 0 Å². The van der Waals surface area contributed by atoms with Crippen LogP contribution in [-0.4, -0.2) is 33.4 Å². The molecule has 0 aliphatic carbocycles. The smallest absolute Gasteiger partial charge is 0.250 e. The third kappa shape index (κ3) is 3.92. The summed E-state index contributed by atoms with van der Waals surface area (Å²) in [5, 5.41) is 9.38. The normalized spacial score (nSPS) is 16.0. The van der Waals surface area contributed by atoms with Gasteiger partial charge in [-0.25, -0.2) is 14.4 Å². The van der Waals surface area contributed by atoms with Crippen molar-refractivity contribution in [2.45, 2.75) is 32.2 Å². The second-order valence-corrected chi connectivity index (χ2v) is 7.31. The fraction of sp³-hybridized carbons (Fsp3) is 0.364. The van der Waals surface area contributed by atoms with E-state index in [0.717, 1.165) is 48.5 Å². The molecule has 0 amide bonds. The molecule has 4 rings (SSSR count). The van der Waals surface area contributed by atoms with Gasteiger partial charge in [0.05, 0.1) is 12.8 Å². The van der Waals surface area contributed by atoms with Gasteiger partial charge in [-0.1, -0.05) is 24.3 Å². The van der Waals surface area contributed by atoms with E-state index in [1.54, 1.807) is 6.20 Å². The number of aromatic nitrogens is 3. The number of nitrogens with zero attached hydrogens (tertiary/aromatic N) is 3. The van der Waals surface area contributed by atoms with E-state index in [1.807, 2.05) is 0 Å². The van der Waals surface area contributed by atoms with Gasteiger partial charge in [-0.3, -0.25) is 0 Å². The number of imidazole rings is 1. The molecule has 1 atom stereocenters. The summed E-state index contributed by atoms with van der Waals surface area (Å²) < 4.78 is 20.8. The van der Waals surface area contributed by atoms with E-state index in [9.17, 15) is 9.50 Å². The van der Waals surface area contributed by atoms with E-state index in [-0.39, 0.29) is 12.5 Å². The van der Waals surface area contributed by atoms with Gasteiger partial charge in [0.2, 0.25) is 5.88 Å². The zero-order chi connectivity index (χ0) is 19.5. The van der Waals surface area contributed by atoms with Gasteiger partial charge in [0.1, 0.15) is 5.82 Å². The molecule has 1 aromatic carbocycles. The molecule has 5 nitrogen and oxygen atoms in total. The van der Waals surface area contributed by atoms with Crippen molar-refractivity contribution in [1.29, 1.82) is 0 Å². The average molecular weight is 381 g/mol. The first-order valence-electron chi connectivity index (χ1n) is 9.61. The molecule has 3 heterocycles. The third-order valence-corrected chi connectivity index (χ3v) is 5.36. The number of fused-ring (bicyclic) bond motifs is 1. The van der Waals surface area contributed by atoms with Crippen molar-refractivity contribution in [2.24, 2.45) is 5.92 Å². The van der Waals surface area contributed by atoms with Gasteiger partial charge in [0, 0.05) is 43.4 Å². The Labute approximate surface area is 163 Å². The Morgan fingerprint density at radius 2 is 2.00 bits per heavy atom. The molecule has 0 fully saturated rings. The first kappa shape index (κ1) is 18.6. The van der Waals surface area contributed by atoms with Crippen molar-refractivity contribution in [3.05, 3.63) is 65.5 Å². The minimum Gasteiger partial charge on any atom is -0.479 e. The summed E-state index contributed by atoms with van der Waals surface area (Å²) in [5.41, 5.74) is 4.09. The number of pyridine rings is 1. The van der Waals surface area contributed by atoms with E-state index in [0.29, 0.717) is 12.3 Å². The summed E-state index contributed by atoms with van der Waals surface area (Å²) in [6.45, 7) is 1.07. The molecule has 1 aliphatic heterocycles. The lowest BCUT2D eigenvalue weighted by molar-refractivity contribution is 0.190. The molecule has 1 N–H and O–H groups in total. The van der Waals surface area contributed by atoms with Gasteiger partial charge in [-0.2, -0.15) is 0 Å². The standard InChI is InChI=1S/C22H24FN3O2/c1-28-22-19(23)10-16(11-24-22)3-2-15-4-7-18(8-5-15)20-13-26-12-17(14-27)6-9-21(26)25-20/h4-5,7-8,10-11,13,17,27H,2-3,6,9,12,14H2,1H3. The van der Waals surface area contributed by atoms with Crippen LogP contribution in [0.4, 0.5) is 4.39 Å². The summed E-state index contributed by atoms with van der Waals surface area (Å²) in [6, 6.07) is 9.84. The van der Waals surface area contributed by atoms with E-state index in [4.69, 9.17) is 9.72 Å². The number of ether oxygens (including phenoxy) is 1. The molecule has 0 radical (unpaired) electrons. The van der Waals surface area contributed by atoms with E-state index in [2.05, 4.69) is 40.0 Å². The van der Waals surface area contributed by atoms with Crippen LogP contribution in [0.25, 0.3) is 11.3 Å². The molecular weight excluding hydrogens is 357 g/mol. The predicted molar refractivity (Wildman–Crippen MR) is 105 cm³/mol. The van der Waals surface area contributed by atoms with Crippen LogP contribution in [0.5, 0.6) is 5.88 Å². The lowest BCUT2D eigenvalue weighted by Crippen LogP contribution is -2.22. The number of aliphatic hydroxyl groups excluding tert-OH is 1. The van der Waals surface area contributed by atoms with Gasteiger partial charge < -0.3 is 14.4 Å². The summed E-state index contributed by atoms with van der Waals surface area (Å²) >= 11 is 0. The van der Waals surface area contributed by atoms with Gasteiger partial charge >= 0.3 is 0 Å². The molecule has 28 heavy (non-hydrogen) atoms. The summed E-state index contributed by atoms with van der Waals surface area (Å²) in [7, 11) is 1.41. The van der Waals surface area contributed by atoms with E-state index >= 15 is 0 Å². The Kier molecular flexibility index (Phi) is 5.39. The number of hydrogen-bond donors (Lipinski definition) is 1. The van der Waals surface area contributed by atoms with Crippen molar-refractivity contribution in [2.75, 3.05) is 13.7 Å². The molecule has 146 valence electrons. The summed E-state index contributed by atoms with van der Waals surface area (Å²) in [6.07, 6.45) is 7.17. The first-order valence-corrected chi connectivity index (χ1v) is 9.61. The highest BCUT2D eigenvalue weighted by molar-refractivity contribution is 5.59. The Bertz CT molecular complexity index is 953. The minimum absolute atomic E-state index is 0.0289.